The first kappa shape index (κ1) is 19.2. The van der Waals surface area contributed by atoms with Crippen molar-refractivity contribution < 1.29 is 14.1 Å². The lowest BCUT2D eigenvalue weighted by atomic mass is 10.1. The van der Waals surface area contributed by atoms with E-state index < -0.39 is 0 Å². The molecule has 0 aromatic carbocycles. The average molecular weight is 351 g/mol. The predicted molar refractivity (Wildman–Crippen MR) is 92.7 cm³/mol. The summed E-state index contributed by atoms with van der Waals surface area (Å²) in [6, 6.07) is -0.180. The van der Waals surface area contributed by atoms with Crippen LogP contribution in [0.25, 0.3) is 0 Å². The average Bonchev–Trinajstić information content (AvgIpc) is 3.16. The van der Waals surface area contributed by atoms with Crippen LogP contribution in [0.1, 0.15) is 52.8 Å². The number of rotatable bonds is 6. The van der Waals surface area contributed by atoms with Crippen molar-refractivity contribution in [1.82, 2.24) is 25.3 Å². The number of aromatic nitrogens is 2. The molecule has 8 heteroatoms. The Hall–Kier alpha value is -2.12. The van der Waals surface area contributed by atoms with Crippen molar-refractivity contribution >= 4 is 11.9 Å². The lowest BCUT2D eigenvalue weighted by Gasteiger charge is -2.32. The van der Waals surface area contributed by atoms with E-state index in [9.17, 15) is 9.59 Å². The number of amides is 3. The predicted octanol–water partition coefficient (Wildman–Crippen LogP) is 1.81. The van der Waals surface area contributed by atoms with Crippen LogP contribution >= 0.6 is 0 Å². The fourth-order valence-electron chi connectivity index (χ4n) is 2.90. The second-order valence-corrected chi connectivity index (χ2v) is 7.40. The largest absolute Gasteiger partial charge is 0.338 e. The molecule has 1 aliphatic rings. The highest BCUT2D eigenvalue weighted by Gasteiger charge is 2.36. The third-order valence-corrected chi connectivity index (χ3v) is 4.38. The van der Waals surface area contributed by atoms with Gasteiger partial charge in [0.05, 0.1) is 0 Å². The minimum Gasteiger partial charge on any atom is -0.338 e. The second kappa shape index (κ2) is 7.84. The first-order valence-corrected chi connectivity index (χ1v) is 8.89. The van der Waals surface area contributed by atoms with Gasteiger partial charge in [0.1, 0.15) is 6.54 Å². The number of carbonyl (C=O) groups is 2. The van der Waals surface area contributed by atoms with E-state index in [4.69, 9.17) is 4.52 Å². The van der Waals surface area contributed by atoms with Crippen LogP contribution in [0.2, 0.25) is 0 Å². The number of urea groups is 1. The standard InChI is InChI=1S/C17H29N5O3/c1-6-13-19-14(25-20-13)11-21(7-2)16(24)18-9-12-8-15(23)22(10-12)17(3,4)5/h12H,6-11H2,1-5H3,(H,18,24)/t12-/m0/s1. The van der Waals surface area contributed by atoms with E-state index in [2.05, 4.69) is 15.5 Å². The smallest absolute Gasteiger partial charge is 0.317 e. The van der Waals surface area contributed by atoms with Gasteiger partial charge >= 0.3 is 6.03 Å². The summed E-state index contributed by atoms with van der Waals surface area (Å²) in [6.45, 7) is 11.9. The van der Waals surface area contributed by atoms with E-state index in [1.54, 1.807) is 4.90 Å². The highest BCUT2D eigenvalue weighted by Crippen LogP contribution is 2.25. The molecule has 0 aliphatic carbocycles. The molecule has 8 nitrogen and oxygen atoms in total. The lowest BCUT2D eigenvalue weighted by molar-refractivity contribution is -0.131. The summed E-state index contributed by atoms with van der Waals surface area (Å²) in [6.07, 6.45) is 1.18. The van der Waals surface area contributed by atoms with Gasteiger partial charge in [0, 0.05) is 43.9 Å². The van der Waals surface area contributed by atoms with Crippen LogP contribution in [0.5, 0.6) is 0 Å². The lowest BCUT2D eigenvalue weighted by Crippen LogP contribution is -2.44. The van der Waals surface area contributed by atoms with Crippen LogP contribution in [0, 0.1) is 5.92 Å². The molecule has 1 aromatic rings. The highest BCUT2D eigenvalue weighted by atomic mass is 16.5. The number of aryl methyl sites for hydroxylation is 1. The van der Waals surface area contributed by atoms with Crippen molar-refractivity contribution in [2.75, 3.05) is 19.6 Å². The van der Waals surface area contributed by atoms with Gasteiger partial charge in [0.15, 0.2) is 5.82 Å². The Labute approximate surface area is 148 Å². The van der Waals surface area contributed by atoms with Crippen molar-refractivity contribution in [3.05, 3.63) is 11.7 Å². The quantitative estimate of drug-likeness (QED) is 0.844. The Morgan fingerprint density at radius 3 is 2.64 bits per heavy atom. The molecule has 1 fully saturated rings. The van der Waals surface area contributed by atoms with Crippen LogP contribution in [-0.4, -0.2) is 57.1 Å². The Kier molecular flexibility index (Phi) is 6.02. The normalized spacial score (nSPS) is 17.9. The molecule has 0 unspecified atom stereocenters. The summed E-state index contributed by atoms with van der Waals surface area (Å²) in [5, 5.41) is 6.77. The van der Waals surface area contributed by atoms with Crippen LogP contribution in [0.15, 0.2) is 4.52 Å². The summed E-state index contributed by atoms with van der Waals surface area (Å²) in [4.78, 5) is 32.2. The maximum atomic E-state index is 12.4. The molecule has 1 N–H and O–H groups in total. The van der Waals surface area contributed by atoms with E-state index in [-0.39, 0.29) is 29.9 Å². The SMILES string of the molecule is CCc1noc(CN(CC)C(=O)NC[C@@H]2CC(=O)N(C(C)(C)C)C2)n1. The van der Waals surface area contributed by atoms with Gasteiger partial charge in [0.2, 0.25) is 11.8 Å². The third kappa shape index (κ3) is 4.93. The van der Waals surface area contributed by atoms with Gasteiger partial charge in [-0.3, -0.25) is 4.79 Å². The Morgan fingerprint density at radius 2 is 2.12 bits per heavy atom. The Bertz CT molecular complexity index is 608. The molecule has 3 amide bonds. The zero-order valence-electron chi connectivity index (χ0n) is 15.8. The molecule has 25 heavy (non-hydrogen) atoms. The molecular weight excluding hydrogens is 322 g/mol. The molecule has 1 aliphatic heterocycles. The number of hydrogen-bond donors (Lipinski definition) is 1. The fraction of sp³-hybridized carbons (Fsp3) is 0.765. The molecule has 0 spiro atoms. The molecule has 0 bridgehead atoms. The molecular formula is C17H29N5O3. The molecule has 1 atom stereocenters. The summed E-state index contributed by atoms with van der Waals surface area (Å²) in [5.41, 5.74) is -0.180. The minimum absolute atomic E-state index is 0.143. The maximum Gasteiger partial charge on any atom is 0.317 e. The second-order valence-electron chi connectivity index (χ2n) is 7.40. The summed E-state index contributed by atoms with van der Waals surface area (Å²) in [5.74, 6) is 1.36. The van der Waals surface area contributed by atoms with Crippen LogP contribution in [0.3, 0.4) is 0 Å². The summed E-state index contributed by atoms with van der Waals surface area (Å²) >= 11 is 0. The van der Waals surface area contributed by atoms with Crippen molar-refractivity contribution in [2.24, 2.45) is 5.92 Å². The molecule has 140 valence electrons. The van der Waals surface area contributed by atoms with Crippen molar-refractivity contribution in [3.8, 4) is 0 Å². The van der Waals surface area contributed by atoms with Crippen LogP contribution < -0.4 is 5.32 Å². The van der Waals surface area contributed by atoms with Crippen LogP contribution in [-0.2, 0) is 17.8 Å². The molecule has 1 saturated heterocycles. The number of hydrogen-bond acceptors (Lipinski definition) is 5. The zero-order chi connectivity index (χ0) is 18.6. The number of nitrogens with one attached hydrogen (secondary N) is 1. The number of likely N-dealkylation sites (tertiary alicyclic amines) is 1. The monoisotopic (exact) mass is 351 g/mol. The van der Waals surface area contributed by atoms with Gasteiger partial charge in [-0.1, -0.05) is 12.1 Å². The van der Waals surface area contributed by atoms with Gasteiger partial charge in [0.25, 0.3) is 0 Å². The fourth-order valence-corrected chi connectivity index (χ4v) is 2.90. The highest BCUT2D eigenvalue weighted by molar-refractivity contribution is 5.79. The third-order valence-electron chi connectivity index (χ3n) is 4.38. The van der Waals surface area contributed by atoms with Gasteiger partial charge in [-0.15, -0.1) is 0 Å². The topological polar surface area (TPSA) is 91.6 Å². The van der Waals surface area contributed by atoms with Crippen molar-refractivity contribution in [2.45, 2.75) is 59.5 Å². The molecule has 1 aromatic heterocycles. The van der Waals surface area contributed by atoms with Gasteiger partial charge in [-0.25, -0.2) is 4.79 Å². The summed E-state index contributed by atoms with van der Waals surface area (Å²) in [7, 11) is 0. The Morgan fingerprint density at radius 1 is 1.40 bits per heavy atom. The van der Waals surface area contributed by atoms with E-state index in [1.807, 2.05) is 39.5 Å². The first-order chi connectivity index (χ1) is 11.7. The summed E-state index contributed by atoms with van der Waals surface area (Å²) < 4.78 is 5.15. The van der Waals surface area contributed by atoms with Crippen molar-refractivity contribution in [3.63, 3.8) is 0 Å². The van der Waals surface area contributed by atoms with E-state index in [0.717, 1.165) is 0 Å². The zero-order valence-corrected chi connectivity index (χ0v) is 15.8. The minimum atomic E-state index is -0.180. The molecule has 2 rings (SSSR count). The van der Waals surface area contributed by atoms with Gasteiger partial charge < -0.3 is 19.6 Å². The maximum absolute atomic E-state index is 12.4. The number of nitrogens with zero attached hydrogens (tertiary/aromatic N) is 4. The van der Waals surface area contributed by atoms with Crippen LogP contribution in [0.4, 0.5) is 4.79 Å². The first-order valence-electron chi connectivity index (χ1n) is 8.89. The Balaban J connectivity index is 1.85. The molecule has 0 saturated carbocycles. The molecule has 0 radical (unpaired) electrons. The number of carbonyl (C=O) groups excluding carboxylic acids is 2. The molecule has 2 heterocycles. The van der Waals surface area contributed by atoms with E-state index >= 15 is 0 Å². The van der Waals surface area contributed by atoms with Gasteiger partial charge in [-0.05, 0) is 27.7 Å². The van der Waals surface area contributed by atoms with Crippen molar-refractivity contribution in [1.29, 1.82) is 0 Å². The van der Waals surface area contributed by atoms with Gasteiger partial charge in [-0.2, -0.15) is 4.98 Å². The van der Waals surface area contributed by atoms with E-state index in [1.165, 1.54) is 0 Å². The van der Waals surface area contributed by atoms with E-state index in [0.29, 0.717) is 44.2 Å².